The number of nitrogens with one attached hydrogen (secondary N) is 3. The highest BCUT2D eigenvalue weighted by Gasteiger charge is 2.30. The monoisotopic (exact) mass is 340 g/mol. The molecule has 0 heterocycles. The molecule has 0 bridgehead atoms. The molecule has 0 aliphatic heterocycles. The largest absolute Gasteiger partial charge is 0.495 e. The van der Waals surface area contributed by atoms with Crippen molar-refractivity contribution in [2.75, 3.05) is 26.0 Å². The van der Waals surface area contributed by atoms with Crippen LogP contribution in [0.25, 0.3) is 0 Å². The summed E-state index contributed by atoms with van der Waals surface area (Å²) in [5.41, 5.74) is 0.521. The van der Waals surface area contributed by atoms with Crippen molar-refractivity contribution in [1.29, 1.82) is 0 Å². The Morgan fingerprint density at radius 3 is 2.74 bits per heavy atom. The summed E-state index contributed by atoms with van der Waals surface area (Å²) in [5, 5.41) is 6.25. The zero-order valence-electron chi connectivity index (χ0n) is 13.6. The molecule has 1 aliphatic rings. The van der Waals surface area contributed by atoms with E-state index < -0.39 is 0 Å². The Labute approximate surface area is 141 Å². The van der Waals surface area contributed by atoms with Gasteiger partial charge in [0, 0.05) is 11.1 Å². The molecule has 0 radical (unpaired) electrons. The lowest BCUT2D eigenvalue weighted by molar-refractivity contribution is -0.885. The molecule has 3 N–H and O–H groups in total. The molecule has 23 heavy (non-hydrogen) atoms. The van der Waals surface area contributed by atoms with Crippen molar-refractivity contribution in [3.8, 4) is 5.75 Å². The molecule has 1 fully saturated rings. The molecule has 2 amide bonds. The lowest BCUT2D eigenvalue weighted by Crippen LogP contribution is -3.15. The molecule has 0 aromatic heterocycles. The summed E-state index contributed by atoms with van der Waals surface area (Å²) in [6.07, 6.45) is 2.10. The third-order valence-corrected chi connectivity index (χ3v) is 4.17. The molecule has 0 spiro atoms. The van der Waals surface area contributed by atoms with Gasteiger partial charge in [0.1, 0.15) is 5.75 Å². The maximum absolute atomic E-state index is 12.2. The predicted octanol–water partition coefficient (Wildman–Crippen LogP) is 0.469. The van der Waals surface area contributed by atoms with Gasteiger partial charge < -0.3 is 20.3 Å². The average Bonchev–Trinajstić information content (AvgIpc) is 3.30. The van der Waals surface area contributed by atoms with E-state index in [4.69, 9.17) is 16.3 Å². The first kappa shape index (κ1) is 17.6. The van der Waals surface area contributed by atoms with E-state index >= 15 is 0 Å². The number of quaternary nitrogens is 1. The highest BCUT2D eigenvalue weighted by molar-refractivity contribution is 6.31. The Morgan fingerprint density at radius 2 is 2.13 bits per heavy atom. The van der Waals surface area contributed by atoms with Gasteiger partial charge in [0.05, 0.1) is 19.8 Å². The number of hydrogen-bond donors (Lipinski definition) is 3. The van der Waals surface area contributed by atoms with Crippen LogP contribution in [0.15, 0.2) is 18.2 Å². The molecule has 1 saturated carbocycles. The fraction of sp³-hybridized carbons (Fsp3) is 0.500. The molecule has 7 heteroatoms. The molecule has 0 saturated heterocycles. The number of ether oxygens (including phenoxy) is 1. The van der Waals surface area contributed by atoms with Crippen molar-refractivity contribution in [3.63, 3.8) is 0 Å². The van der Waals surface area contributed by atoms with Gasteiger partial charge in [0.15, 0.2) is 12.6 Å². The summed E-state index contributed by atoms with van der Waals surface area (Å²) in [6.45, 7) is 2.00. The molecular weight excluding hydrogens is 318 g/mol. The fourth-order valence-corrected chi connectivity index (χ4v) is 2.33. The zero-order chi connectivity index (χ0) is 17.0. The van der Waals surface area contributed by atoms with Crippen LogP contribution in [0.1, 0.15) is 19.8 Å². The van der Waals surface area contributed by atoms with Crippen LogP contribution in [0.3, 0.4) is 0 Å². The van der Waals surface area contributed by atoms with Gasteiger partial charge in [-0.05, 0) is 38.0 Å². The summed E-state index contributed by atoms with van der Waals surface area (Å²) in [7, 11) is 3.35. The van der Waals surface area contributed by atoms with Crippen LogP contribution in [-0.2, 0) is 9.59 Å². The second-order valence-electron chi connectivity index (χ2n) is 5.92. The van der Waals surface area contributed by atoms with Gasteiger partial charge in [-0.15, -0.1) is 0 Å². The van der Waals surface area contributed by atoms with E-state index in [9.17, 15) is 9.59 Å². The topological polar surface area (TPSA) is 71.9 Å². The minimum Gasteiger partial charge on any atom is -0.495 e. The Hall–Kier alpha value is -1.79. The van der Waals surface area contributed by atoms with Crippen LogP contribution < -0.4 is 20.3 Å². The van der Waals surface area contributed by atoms with Crippen molar-refractivity contribution in [2.45, 2.75) is 31.8 Å². The number of carbonyl (C=O) groups excluding carboxylic acids is 2. The summed E-state index contributed by atoms with van der Waals surface area (Å²) < 4.78 is 5.20. The van der Waals surface area contributed by atoms with Crippen molar-refractivity contribution in [2.24, 2.45) is 0 Å². The molecule has 1 aromatic rings. The van der Waals surface area contributed by atoms with E-state index in [0.29, 0.717) is 22.5 Å². The van der Waals surface area contributed by atoms with Crippen LogP contribution in [0, 0.1) is 0 Å². The molecule has 1 aliphatic carbocycles. The minimum atomic E-state index is -0.289. The highest BCUT2D eigenvalue weighted by Crippen LogP contribution is 2.27. The number of hydrogen-bond acceptors (Lipinski definition) is 3. The summed E-state index contributed by atoms with van der Waals surface area (Å²) in [6, 6.07) is 5.05. The standard InChI is InChI=1S/C16H22ClN3O3/c1-10(16(22)18-12-5-6-12)20(2)9-15(21)19-13-8-11(17)4-7-14(13)23-3/h4,7-8,10,12H,5-6,9H2,1-3H3,(H,18,22)(H,19,21)/p+1/t10-/m1/s1. The van der Waals surface area contributed by atoms with E-state index in [1.807, 2.05) is 14.0 Å². The predicted molar refractivity (Wildman–Crippen MR) is 89.0 cm³/mol. The lowest BCUT2D eigenvalue weighted by atomic mass is 10.2. The van der Waals surface area contributed by atoms with Crippen LogP contribution in [-0.4, -0.2) is 44.6 Å². The number of anilines is 1. The maximum Gasteiger partial charge on any atom is 0.279 e. The van der Waals surface area contributed by atoms with Crippen molar-refractivity contribution < 1.29 is 19.2 Å². The third-order valence-electron chi connectivity index (χ3n) is 3.93. The van der Waals surface area contributed by atoms with Crippen LogP contribution in [0.2, 0.25) is 5.02 Å². The van der Waals surface area contributed by atoms with E-state index in [1.54, 1.807) is 18.2 Å². The van der Waals surface area contributed by atoms with Crippen molar-refractivity contribution >= 4 is 29.1 Å². The van der Waals surface area contributed by atoms with Crippen LogP contribution >= 0.6 is 11.6 Å². The zero-order valence-corrected chi connectivity index (χ0v) is 14.4. The minimum absolute atomic E-state index is 0.0156. The molecule has 6 nitrogen and oxygen atoms in total. The van der Waals surface area contributed by atoms with Crippen LogP contribution in [0.5, 0.6) is 5.75 Å². The van der Waals surface area contributed by atoms with Gasteiger partial charge in [-0.3, -0.25) is 9.59 Å². The van der Waals surface area contributed by atoms with E-state index in [-0.39, 0.29) is 24.4 Å². The third kappa shape index (κ3) is 5.11. The van der Waals surface area contributed by atoms with Crippen molar-refractivity contribution in [3.05, 3.63) is 23.2 Å². The summed E-state index contributed by atoms with van der Waals surface area (Å²) >= 11 is 5.94. The van der Waals surface area contributed by atoms with Gasteiger partial charge in [-0.1, -0.05) is 11.6 Å². The van der Waals surface area contributed by atoms with Gasteiger partial charge in [0.2, 0.25) is 0 Å². The van der Waals surface area contributed by atoms with E-state index in [1.165, 1.54) is 7.11 Å². The summed E-state index contributed by atoms with van der Waals surface area (Å²) in [5.74, 6) is 0.326. The van der Waals surface area contributed by atoms with Crippen LogP contribution in [0.4, 0.5) is 5.69 Å². The second-order valence-corrected chi connectivity index (χ2v) is 6.36. The Bertz CT molecular complexity index is 590. The summed E-state index contributed by atoms with van der Waals surface area (Å²) in [4.78, 5) is 25.0. The Kier molecular flexibility index (Phi) is 5.85. The Balaban J connectivity index is 1.90. The number of amides is 2. The number of methoxy groups -OCH3 is 1. The number of likely N-dealkylation sites (N-methyl/N-ethyl adjacent to an activating group) is 1. The molecule has 2 atom stereocenters. The fourth-order valence-electron chi connectivity index (χ4n) is 2.16. The number of halogens is 1. The Morgan fingerprint density at radius 1 is 1.43 bits per heavy atom. The first-order chi connectivity index (χ1) is 10.9. The van der Waals surface area contributed by atoms with Gasteiger partial charge in [-0.2, -0.15) is 0 Å². The number of rotatable bonds is 7. The molecular formula is C16H23ClN3O3+. The SMILES string of the molecule is COc1ccc(Cl)cc1NC(=O)C[NH+](C)[C@H](C)C(=O)NC1CC1. The second kappa shape index (κ2) is 7.66. The lowest BCUT2D eigenvalue weighted by Gasteiger charge is -2.20. The van der Waals surface area contributed by atoms with Crippen molar-refractivity contribution in [1.82, 2.24) is 5.32 Å². The van der Waals surface area contributed by atoms with E-state index in [2.05, 4.69) is 10.6 Å². The number of carbonyl (C=O) groups is 2. The molecule has 126 valence electrons. The maximum atomic E-state index is 12.2. The molecule has 1 unspecified atom stereocenters. The molecule has 1 aromatic carbocycles. The van der Waals surface area contributed by atoms with Gasteiger partial charge >= 0.3 is 0 Å². The first-order valence-electron chi connectivity index (χ1n) is 7.66. The highest BCUT2D eigenvalue weighted by atomic mass is 35.5. The van der Waals surface area contributed by atoms with Gasteiger partial charge in [0.25, 0.3) is 11.8 Å². The smallest absolute Gasteiger partial charge is 0.279 e. The van der Waals surface area contributed by atoms with E-state index in [0.717, 1.165) is 17.7 Å². The van der Waals surface area contributed by atoms with Gasteiger partial charge in [-0.25, -0.2) is 0 Å². The average molecular weight is 341 g/mol. The normalized spacial score (nSPS) is 16.3. The first-order valence-corrected chi connectivity index (χ1v) is 8.04. The molecule has 2 rings (SSSR count). The quantitative estimate of drug-likeness (QED) is 0.675. The number of benzene rings is 1.